The van der Waals surface area contributed by atoms with E-state index in [1.807, 2.05) is 18.2 Å². The molecule has 0 saturated heterocycles. The standard InChI is InChI=1S/C12H17BrO2/c1-4-9(2)15-8-10-7-11(14-3)5-6-12(10)13/h5-7,9H,4,8H2,1-3H3. The second-order valence-electron chi connectivity index (χ2n) is 3.49. The van der Waals surface area contributed by atoms with Crippen LogP contribution in [0.1, 0.15) is 25.8 Å². The lowest BCUT2D eigenvalue weighted by Crippen LogP contribution is -2.06. The van der Waals surface area contributed by atoms with Gasteiger partial charge in [0, 0.05) is 4.47 Å². The number of hydrogen-bond donors (Lipinski definition) is 0. The molecule has 0 saturated carbocycles. The minimum Gasteiger partial charge on any atom is -0.497 e. The lowest BCUT2D eigenvalue weighted by Gasteiger charge is -2.12. The third kappa shape index (κ3) is 3.84. The molecule has 0 spiro atoms. The molecule has 0 heterocycles. The highest BCUT2D eigenvalue weighted by molar-refractivity contribution is 9.10. The zero-order chi connectivity index (χ0) is 11.3. The van der Waals surface area contributed by atoms with Crippen LogP contribution in [-0.2, 0) is 11.3 Å². The fraction of sp³-hybridized carbons (Fsp3) is 0.500. The van der Waals surface area contributed by atoms with E-state index in [1.165, 1.54) is 0 Å². The highest BCUT2D eigenvalue weighted by atomic mass is 79.9. The molecule has 1 unspecified atom stereocenters. The zero-order valence-electron chi connectivity index (χ0n) is 9.42. The number of benzene rings is 1. The summed E-state index contributed by atoms with van der Waals surface area (Å²) in [6.45, 7) is 4.81. The molecule has 0 bridgehead atoms. The van der Waals surface area contributed by atoms with Crippen LogP contribution in [0.5, 0.6) is 5.75 Å². The van der Waals surface area contributed by atoms with Crippen molar-refractivity contribution in [2.75, 3.05) is 7.11 Å². The maximum atomic E-state index is 5.67. The molecule has 1 atom stereocenters. The smallest absolute Gasteiger partial charge is 0.119 e. The minimum atomic E-state index is 0.295. The predicted molar refractivity (Wildman–Crippen MR) is 65.2 cm³/mol. The molecule has 0 aliphatic carbocycles. The number of methoxy groups -OCH3 is 1. The van der Waals surface area contributed by atoms with E-state index in [-0.39, 0.29) is 0 Å². The van der Waals surface area contributed by atoms with E-state index in [2.05, 4.69) is 29.8 Å². The summed E-state index contributed by atoms with van der Waals surface area (Å²) in [5, 5.41) is 0. The van der Waals surface area contributed by atoms with E-state index in [4.69, 9.17) is 9.47 Å². The van der Waals surface area contributed by atoms with Gasteiger partial charge in [-0.3, -0.25) is 0 Å². The van der Waals surface area contributed by atoms with Crippen LogP contribution in [0.4, 0.5) is 0 Å². The second kappa shape index (κ2) is 6.13. The van der Waals surface area contributed by atoms with Crippen molar-refractivity contribution in [1.82, 2.24) is 0 Å². The molecule has 0 amide bonds. The molecule has 1 aromatic carbocycles. The fourth-order valence-electron chi connectivity index (χ4n) is 1.14. The van der Waals surface area contributed by atoms with Crippen molar-refractivity contribution in [2.45, 2.75) is 33.0 Å². The molecule has 0 fully saturated rings. The van der Waals surface area contributed by atoms with Crippen molar-refractivity contribution in [3.8, 4) is 5.75 Å². The van der Waals surface area contributed by atoms with E-state index in [0.717, 1.165) is 22.2 Å². The van der Waals surface area contributed by atoms with Gasteiger partial charge >= 0.3 is 0 Å². The summed E-state index contributed by atoms with van der Waals surface area (Å²) in [7, 11) is 1.67. The highest BCUT2D eigenvalue weighted by Crippen LogP contribution is 2.23. The first kappa shape index (κ1) is 12.5. The number of hydrogen-bond acceptors (Lipinski definition) is 2. The molecular weight excluding hydrogens is 256 g/mol. The monoisotopic (exact) mass is 272 g/mol. The zero-order valence-corrected chi connectivity index (χ0v) is 11.0. The van der Waals surface area contributed by atoms with Gasteiger partial charge in [-0.1, -0.05) is 22.9 Å². The van der Waals surface area contributed by atoms with Crippen LogP contribution in [0, 0.1) is 0 Å². The van der Waals surface area contributed by atoms with E-state index in [9.17, 15) is 0 Å². The molecular formula is C12H17BrO2. The van der Waals surface area contributed by atoms with Gasteiger partial charge in [-0.15, -0.1) is 0 Å². The summed E-state index contributed by atoms with van der Waals surface area (Å²) in [4.78, 5) is 0. The van der Waals surface area contributed by atoms with Gasteiger partial charge in [-0.05, 0) is 37.1 Å². The molecule has 0 aliphatic heterocycles. The van der Waals surface area contributed by atoms with Crippen LogP contribution >= 0.6 is 15.9 Å². The highest BCUT2D eigenvalue weighted by Gasteiger charge is 2.04. The summed E-state index contributed by atoms with van der Waals surface area (Å²) in [6, 6.07) is 5.90. The average Bonchev–Trinajstić information content (AvgIpc) is 2.27. The van der Waals surface area contributed by atoms with Crippen molar-refractivity contribution in [1.29, 1.82) is 0 Å². The van der Waals surface area contributed by atoms with E-state index in [0.29, 0.717) is 12.7 Å². The Morgan fingerprint density at radius 3 is 2.73 bits per heavy atom. The van der Waals surface area contributed by atoms with Gasteiger partial charge in [0.15, 0.2) is 0 Å². The summed E-state index contributed by atoms with van der Waals surface area (Å²) in [5.41, 5.74) is 1.12. The molecule has 0 aromatic heterocycles. The molecule has 3 heteroatoms. The van der Waals surface area contributed by atoms with Crippen LogP contribution in [0.2, 0.25) is 0 Å². The third-order valence-electron chi connectivity index (χ3n) is 2.35. The van der Waals surface area contributed by atoms with Gasteiger partial charge in [-0.25, -0.2) is 0 Å². The maximum Gasteiger partial charge on any atom is 0.119 e. The molecule has 0 aliphatic rings. The van der Waals surface area contributed by atoms with E-state index >= 15 is 0 Å². The van der Waals surface area contributed by atoms with Gasteiger partial charge in [0.25, 0.3) is 0 Å². The van der Waals surface area contributed by atoms with Crippen LogP contribution in [0.3, 0.4) is 0 Å². The lowest BCUT2D eigenvalue weighted by atomic mass is 10.2. The van der Waals surface area contributed by atoms with Crippen LogP contribution in [0.25, 0.3) is 0 Å². The molecule has 15 heavy (non-hydrogen) atoms. The summed E-state index contributed by atoms with van der Waals surface area (Å²) < 4.78 is 11.9. The largest absolute Gasteiger partial charge is 0.497 e. The van der Waals surface area contributed by atoms with Crippen molar-refractivity contribution < 1.29 is 9.47 Å². The van der Waals surface area contributed by atoms with Gasteiger partial charge < -0.3 is 9.47 Å². The van der Waals surface area contributed by atoms with Gasteiger partial charge in [-0.2, -0.15) is 0 Å². The van der Waals surface area contributed by atoms with E-state index < -0.39 is 0 Å². The lowest BCUT2D eigenvalue weighted by molar-refractivity contribution is 0.0504. The predicted octanol–water partition coefficient (Wildman–Crippen LogP) is 3.77. The molecule has 1 aromatic rings. The second-order valence-corrected chi connectivity index (χ2v) is 4.34. The Hall–Kier alpha value is -0.540. The first-order chi connectivity index (χ1) is 7.17. The van der Waals surface area contributed by atoms with Crippen LogP contribution in [-0.4, -0.2) is 13.2 Å². The number of rotatable bonds is 5. The van der Waals surface area contributed by atoms with Crippen molar-refractivity contribution in [3.05, 3.63) is 28.2 Å². The number of ether oxygens (including phenoxy) is 2. The van der Waals surface area contributed by atoms with Crippen molar-refractivity contribution in [2.24, 2.45) is 0 Å². The maximum absolute atomic E-state index is 5.67. The Bertz CT molecular complexity index is 312. The molecule has 2 nitrogen and oxygen atoms in total. The van der Waals surface area contributed by atoms with Crippen molar-refractivity contribution in [3.63, 3.8) is 0 Å². The van der Waals surface area contributed by atoms with Gasteiger partial charge in [0.05, 0.1) is 19.8 Å². The summed E-state index contributed by atoms with van der Waals surface area (Å²) >= 11 is 3.50. The van der Waals surface area contributed by atoms with Crippen LogP contribution in [0.15, 0.2) is 22.7 Å². The SMILES string of the molecule is CCC(C)OCc1cc(OC)ccc1Br. The Morgan fingerprint density at radius 1 is 1.40 bits per heavy atom. The van der Waals surface area contributed by atoms with E-state index in [1.54, 1.807) is 7.11 Å². The first-order valence-corrected chi connectivity index (χ1v) is 5.90. The quantitative estimate of drug-likeness (QED) is 0.813. The van der Waals surface area contributed by atoms with Crippen LogP contribution < -0.4 is 4.74 Å². The topological polar surface area (TPSA) is 18.5 Å². The molecule has 0 N–H and O–H groups in total. The normalized spacial score (nSPS) is 12.5. The Kier molecular flexibility index (Phi) is 5.12. The fourth-order valence-corrected chi connectivity index (χ4v) is 1.50. The molecule has 1 rings (SSSR count). The Labute approximate surface area is 99.7 Å². The summed E-state index contributed by atoms with van der Waals surface area (Å²) in [6.07, 6.45) is 1.32. The minimum absolute atomic E-state index is 0.295. The average molecular weight is 273 g/mol. The van der Waals surface area contributed by atoms with Gasteiger partial charge in [0.2, 0.25) is 0 Å². The van der Waals surface area contributed by atoms with Crippen molar-refractivity contribution >= 4 is 15.9 Å². The number of halogens is 1. The molecule has 84 valence electrons. The third-order valence-corrected chi connectivity index (χ3v) is 3.12. The first-order valence-electron chi connectivity index (χ1n) is 5.11. The molecule has 0 radical (unpaired) electrons. The summed E-state index contributed by atoms with van der Waals surface area (Å²) in [5.74, 6) is 0.862. The van der Waals surface area contributed by atoms with Gasteiger partial charge in [0.1, 0.15) is 5.75 Å². The Balaban J connectivity index is 2.66. The Morgan fingerprint density at radius 2 is 2.13 bits per heavy atom.